The molecular weight excluding hydrogens is 792 g/mol. The zero-order valence-corrected chi connectivity index (χ0v) is 27.9. The van der Waals surface area contributed by atoms with Crippen molar-refractivity contribution < 1.29 is 44.2 Å². The number of esters is 2. The Bertz CT molecular complexity index is 2060. The van der Waals surface area contributed by atoms with Crippen LogP contribution < -0.4 is 0 Å². The molecule has 230 valence electrons. The van der Waals surface area contributed by atoms with Gasteiger partial charge < -0.3 is 29.9 Å². The fourth-order valence-corrected chi connectivity index (χ4v) is 7.47. The van der Waals surface area contributed by atoms with Crippen LogP contribution in [-0.2, 0) is 23.8 Å². The third-order valence-corrected chi connectivity index (χ3v) is 9.66. The summed E-state index contributed by atoms with van der Waals surface area (Å²) in [7, 11) is 0. The Morgan fingerprint density at radius 2 is 0.957 bits per heavy atom. The molecule has 46 heavy (non-hydrogen) atoms. The van der Waals surface area contributed by atoms with Crippen molar-refractivity contribution in [3.05, 3.63) is 127 Å². The van der Waals surface area contributed by atoms with E-state index in [1.807, 2.05) is 0 Å². The van der Waals surface area contributed by atoms with Crippen molar-refractivity contribution in [1.29, 1.82) is 0 Å². The minimum absolute atomic E-state index is 0.00566. The summed E-state index contributed by atoms with van der Waals surface area (Å²) in [6.07, 6.45) is 2.53. The summed E-state index contributed by atoms with van der Waals surface area (Å²) in [5.74, 6) is -5.74. The number of hydrogen-bond donors (Lipinski definition) is 4. The number of hydrogen-bond acceptors (Lipinski definition) is 9. The largest absolute Gasteiger partial charge is 0.508 e. The number of halogens is 3. The number of ether oxygens (including phenoxy) is 3. The lowest BCUT2D eigenvalue weighted by Gasteiger charge is -2.34. The van der Waals surface area contributed by atoms with E-state index in [1.54, 1.807) is 48.5 Å². The number of rotatable bonds is 4. The molecule has 4 aromatic rings. The third kappa shape index (κ3) is 4.66. The van der Waals surface area contributed by atoms with E-state index >= 15 is 0 Å². The zero-order chi connectivity index (χ0) is 32.5. The number of carbonyl (C=O) groups is 2. The van der Waals surface area contributed by atoms with Gasteiger partial charge in [0.15, 0.2) is 0 Å². The van der Waals surface area contributed by atoms with Crippen molar-refractivity contribution in [3.63, 3.8) is 0 Å². The van der Waals surface area contributed by atoms with Crippen LogP contribution in [0.15, 0.2) is 104 Å². The Balaban J connectivity index is 1.61. The number of phenols is 4. The fourth-order valence-electron chi connectivity index (χ4n) is 5.90. The smallest absolute Gasteiger partial charge is 0.334 e. The first-order valence-corrected chi connectivity index (χ1v) is 15.9. The first-order chi connectivity index (χ1) is 21.9. The first kappa shape index (κ1) is 30.3. The molecule has 0 aliphatic carbocycles. The molecule has 7 rings (SSSR count). The van der Waals surface area contributed by atoms with Gasteiger partial charge >= 0.3 is 11.9 Å². The summed E-state index contributed by atoms with van der Waals surface area (Å²) in [5.41, 5.74) is 2.76. The second kappa shape index (κ2) is 10.9. The number of benzene rings is 4. The van der Waals surface area contributed by atoms with Crippen molar-refractivity contribution in [3.8, 4) is 23.0 Å². The van der Waals surface area contributed by atoms with E-state index in [0.29, 0.717) is 35.7 Å². The monoisotopic (exact) mass is 808 g/mol. The van der Waals surface area contributed by atoms with Crippen molar-refractivity contribution in [2.24, 2.45) is 0 Å². The van der Waals surface area contributed by atoms with E-state index in [2.05, 4.69) is 47.8 Å². The molecule has 3 aliphatic rings. The Morgan fingerprint density at radius 3 is 1.48 bits per heavy atom. The van der Waals surface area contributed by atoms with Crippen molar-refractivity contribution in [1.82, 2.24) is 0 Å². The topological polar surface area (TPSA) is 143 Å². The maximum absolute atomic E-state index is 13.3. The number of aromatic hydroxyl groups is 4. The lowest BCUT2D eigenvalue weighted by atomic mass is 9.81. The fraction of sp³-hybridized carbons (Fsp3) is 0.0588. The zero-order valence-electron chi connectivity index (χ0n) is 23.1. The van der Waals surface area contributed by atoms with Gasteiger partial charge in [-0.2, -0.15) is 0 Å². The van der Waals surface area contributed by atoms with Crippen molar-refractivity contribution in [2.45, 2.75) is 11.6 Å². The van der Waals surface area contributed by atoms with E-state index in [4.69, 9.17) is 14.2 Å². The molecule has 0 saturated heterocycles. The molecule has 0 aromatic heterocycles. The molecular formula is C34H19Br3O9. The average molecular weight is 811 g/mol. The lowest BCUT2D eigenvalue weighted by Crippen LogP contribution is -2.41. The standard InChI is InChI=1S/C34H19Br3O9/c35-24-11-18(5-10-27(24)40)31-30(17-3-8-21(39)9-4-17)34(23(15-29(42)45-34)19-12-25(36)32(43)26(37)13-19)46-33(31)22(14-28(41)44-33)16-1-6-20(38)7-2-16/h1-15,38-40,43H/t33-,34-/m0/s1. The minimum Gasteiger partial charge on any atom is -0.508 e. The van der Waals surface area contributed by atoms with Gasteiger partial charge in [0, 0.05) is 34.4 Å². The van der Waals surface area contributed by atoms with Gasteiger partial charge in [0.05, 0.1) is 13.4 Å². The summed E-state index contributed by atoms with van der Waals surface area (Å²) in [4.78, 5) is 26.6. The van der Waals surface area contributed by atoms with Crippen LogP contribution >= 0.6 is 47.8 Å². The van der Waals surface area contributed by atoms with Crippen LogP contribution in [0.5, 0.6) is 23.0 Å². The summed E-state index contributed by atoms with van der Waals surface area (Å²) in [6, 6.07) is 20.1. The first-order valence-electron chi connectivity index (χ1n) is 13.5. The molecule has 12 heteroatoms. The highest BCUT2D eigenvalue weighted by Crippen LogP contribution is 2.64. The van der Waals surface area contributed by atoms with E-state index in [-0.39, 0.29) is 45.3 Å². The summed E-state index contributed by atoms with van der Waals surface area (Å²) in [5, 5.41) is 41.1. The van der Waals surface area contributed by atoms with Crippen LogP contribution in [0.3, 0.4) is 0 Å². The minimum atomic E-state index is -2.05. The van der Waals surface area contributed by atoms with Crippen molar-refractivity contribution in [2.75, 3.05) is 0 Å². The Morgan fingerprint density at radius 1 is 0.522 bits per heavy atom. The predicted octanol–water partition coefficient (Wildman–Crippen LogP) is 7.41. The Hall–Kier alpha value is -4.36. The molecule has 0 bridgehead atoms. The van der Waals surface area contributed by atoms with Gasteiger partial charge in [-0.25, -0.2) is 9.59 Å². The summed E-state index contributed by atoms with van der Waals surface area (Å²) >= 11 is 10.1. The molecule has 0 fully saturated rings. The summed E-state index contributed by atoms with van der Waals surface area (Å²) in [6.45, 7) is 0. The molecule has 3 aliphatic heterocycles. The van der Waals surface area contributed by atoms with E-state index < -0.39 is 23.5 Å². The van der Waals surface area contributed by atoms with Gasteiger partial charge in [0.1, 0.15) is 23.0 Å². The predicted molar refractivity (Wildman–Crippen MR) is 177 cm³/mol. The molecule has 2 atom stereocenters. The highest BCUT2D eigenvalue weighted by molar-refractivity contribution is 9.11. The Labute approximate surface area is 286 Å². The highest BCUT2D eigenvalue weighted by atomic mass is 79.9. The summed E-state index contributed by atoms with van der Waals surface area (Å²) < 4.78 is 20.1. The Kier molecular flexibility index (Phi) is 7.16. The van der Waals surface area contributed by atoms with Crippen LogP contribution in [0, 0.1) is 0 Å². The quantitative estimate of drug-likeness (QED) is 0.155. The van der Waals surface area contributed by atoms with Crippen LogP contribution in [0.4, 0.5) is 0 Å². The van der Waals surface area contributed by atoms with Crippen LogP contribution in [0.25, 0.3) is 22.3 Å². The van der Waals surface area contributed by atoms with Crippen LogP contribution in [-0.4, -0.2) is 43.9 Å². The molecule has 0 saturated carbocycles. The number of carbonyl (C=O) groups excluding carboxylic acids is 2. The molecule has 9 nitrogen and oxygen atoms in total. The van der Waals surface area contributed by atoms with Gasteiger partial charge in [-0.05, 0) is 119 Å². The van der Waals surface area contributed by atoms with Crippen molar-refractivity contribution >= 4 is 82.0 Å². The molecule has 0 amide bonds. The van der Waals surface area contributed by atoms with Gasteiger partial charge in [-0.15, -0.1) is 0 Å². The van der Waals surface area contributed by atoms with Crippen LogP contribution in [0.1, 0.15) is 22.3 Å². The normalized spacial score (nSPS) is 22.0. The molecule has 3 heterocycles. The lowest BCUT2D eigenvalue weighted by molar-refractivity contribution is -0.232. The highest BCUT2D eigenvalue weighted by Gasteiger charge is 2.67. The molecule has 4 N–H and O–H groups in total. The molecule has 0 unspecified atom stereocenters. The average Bonchev–Trinajstić information content (AvgIpc) is 3.62. The number of phenolic OH excluding ortho intramolecular Hbond substituents is 4. The maximum Gasteiger partial charge on any atom is 0.334 e. The molecule has 2 spiro atoms. The second-order valence-electron chi connectivity index (χ2n) is 10.6. The SMILES string of the molecule is O=C1C=C(c2cc(Br)c(O)c(Br)c2)[C@]2(O1)O[C@]1(OC(=O)C=C1c1ccc(O)cc1)C(c1ccc(O)c(Br)c1)=C2c1ccc(O)cc1. The second-order valence-corrected chi connectivity index (χ2v) is 13.2. The van der Waals surface area contributed by atoms with E-state index in [9.17, 15) is 30.0 Å². The molecule has 0 radical (unpaired) electrons. The van der Waals surface area contributed by atoms with Gasteiger partial charge in [0.2, 0.25) is 0 Å². The maximum atomic E-state index is 13.3. The van der Waals surface area contributed by atoms with Crippen LogP contribution in [0.2, 0.25) is 0 Å². The van der Waals surface area contributed by atoms with Gasteiger partial charge in [-0.3, -0.25) is 4.74 Å². The van der Waals surface area contributed by atoms with E-state index in [0.717, 1.165) is 0 Å². The van der Waals surface area contributed by atoms with Gasteiger partial charge in [-0.1, -0.05) is 30.3 Å². The van der Waals surface area contributed by atoms with Gasteiger partial charge in [0.25, 0.3) is 11.6 Å². The molecule has 4 aromatic carbocycles. The van der Waals surface area contributed by atoms with E-state index in [1.165, 1.54) is 42.5 Å². The third-order valence-electron chi connectivity index (χ3n) is 7.82.